The first-order valence-corrected chi connectivity index (χ1v) is 7.45. The van der Waals surface area contributed by atoms with Crippen molar-refractivity contribution < 1.29 is 18.8 Å². The summed E-state index contributed by atoms with van der Waals surface area (Å²) in [6.45, 7) is 13.4. The average Bonchev–Trinajstić information content (AvgIpc) is 2.75. The van der Waals surface area contributed by atoms with Gasteiger partial charge in [0, 0.05) is 18.7 Å². The molecule has 0 spiro atoms. The minimum atomic E-state index is -0.638. The summed E-state index contributed by atoms with van der Waals surface area (Å²) in [5.74, 6) is -0.433. The molecular weight excluding hydrogens is 283 g/mol. The molecule has 0 unspecified atom stereocenters. The minimum absolute atomic E-state index is 0.355. The van der Waals surface area contributed by atoms with Crippen molar-refractivity contribution in [3.8, 4) is 0 Å². The fourth-order valence-corrected chi connectivity index (χ4v) is 2.17. The number of rotatable bonds is 2. The Morgan fingerprint density at radius 1 is 1.23 bits per heavy atom. The average molecular weight is 308 g/mol. The first-order chi connectivity index (χ1) is 9.84. The number of hydrogen-bond donors (Lipinski definition) is 0. The summed E-state index contributed by atoms with van der Waals surface area (Å²) in [5, 5.41) is 4.16. The highest BCUT2D eigenvalue weighted by Gasteiger charge is 2.53. The molecule has 1 aromatic rings. The van der Waals surface area contributed by atoms with E-state index in [1.165, 1.54) is 4.68 Å². The fourth-order valence-electron chi connectivity index (χ4n) is 2.17. The molecule has 1 fully saturated rings. The summed E-state index contributed by atoms with van der Waals surface area (Å²) >= 11 is 0. The Balaban J connectivity index is 2.34. The molecular formula is C15H25BN2O4. The van der Waals surface area contributed by atoms with Gasteiger partial charge in [-0.2, -0.15) is 5.10 Å². The summed E-state index contributed by atoms with van der Waals surface area (Å²) in [6, 6.07) is 0. The Morgan fingerprint density at radius 3 is 2.18 bits per heavy atom. The number of carbonyl (C=O) groups excluding carboxylic acids is 1. The van der Waals surface area contributed by atoms with Crippen LogP contribution >= 0.6 is 0 Å². The van der Waals surface area contributed by atoms with Crippen LogP contribution < -0.4 is 5.46 Å². The molecule has 1 aliphatic heterocycles. The van der Waals surface area contributed by atoms with Crippen LogP contribution in [-0.2, 0) is 21.1 Å². The molecule has 0 aliphatic carbocycles. The summed E-state index contributed by atoms with van der Waals surface area (Å²) in [6.07, 6.45) is 1.60. The summed E-state index contributed by atoms with van der Waals surface area (Å²) in [4.78, 5) is 12.4. The third-order valence-electron chi connectivity index (χ3n) is 4.07. The van der Waals surface area contributed by atoms with E-state index in [0.717, 1.165) is 0 Å². The van der Waals surface area contributed by atoms with E-state index < -0.39 is 29.9 Å². The largest absolute Gasteiger partial charge is 0.498 e. The van der Waals surface area contributed by atoms with Crippen LogP contribution in [0.5, 0.6) is 0 Å². The molecule has 6 nitrogen and oxygen atoms in total. The Labute approximate surface area is 132 Å². The second-order valence-electron chi connectivity index (χ2n) is 7.66. The quantitative estimate of drug-likeness (QED) is 0.614. The molecule has 22 heavy (non-hydrogen) atoms. The lowest BCUT2D eigenvalue weighted by Gasteiger charge is -2.32. The molecule has 0 bridgehead atoms. The number of nitrogens with zero attached hydrogens (tertiary/aromatic N) is 2. The van der Waals surface area contributed by atoms with Crippen LogP contribution in [0.25, 0.3) is 0 Å². The second kappa shape index (κ2) is 5.10. The predicted molar refractivity (Wildman–Crippen MR) is 84.1 cm³/mol. The number of carbonyl (C=O) groups is 1. The van der Waals surface area contributed by atoms with Crippen molar-refractivity contribution >= 4 is 18.6 Å². The molecule has 0 amide bonds. The smallest absolute Gasteiger partial charge is 0.455 e. The van der Waals surface area contributed by atoms with E-state index in [9.17, 15) is 4.79 Å². The first kappa shape index (κ1) is 17.0. The van der Waals surface area contributed by atoms with Gasteiger partial charge in [0.25, 0.3) is 0 Å². The van der Waals surface area contributed by atoms with E-state index in [4.69, 9.17) is 14.0 Å². The lowest BCUT2D eigenvalue weighted by molar-refractivity contribution is 0.00578. The normalized spacial score (nSPS) is 20.3. The van der Waals surface area contributed by atoms with Crippen LogP contribution in [0.2, 0.25) is 0 Å². The lowest BCUT2D eigenvalue weighted by Crippen LogP contribution is -2.41. The maximum Gasteiger partial charge on any atom is 0.498 e. The van der Waals surface area contributed by atoms with Gasteiger partial charge < -0.3 is 14.0 Å². The standard InChI is InChI=1S/C15H25BN2O4/c1-13(2,3)20-12(19)11-10(9-17-18(11)8)16-21-14(4,5)15(6,7)22-16/h9H,1-8H3. The molecule has 2 rings (SSSR count). The monoisotopic (exact) mass is 308 g/mol. The molecule has 2 heterocycles. The number of esters is 1. The van der Waals surface area contributed by atoms with Crippen LogP contribution in [0.3, 0.4) is 0 Å². The van der Waals surface area contributed by atoms with Gasteiger partial charge in [0.15, 0.2) is 0 Å². The van der Waals surface area contributed by atoms with Gasteiger partial charge in [-0.3, -0.25) is 4.68 Å². The van der Waals surface area contributed by atoms with Crippen LogP contribution in [0.1, 0.15) is 59.0 Å². The lowest BCUT2D eigenvalue weighted by atomic mass is 9.79. The van der Waals surface area contributed by atoms with Gasteiger partial charge >= 0.3 is 13.1 Å². The Hall–Kier alpha value is -1.34. The molecule has 0 atom stereocenters. The van der Waals surface area contributed by atoms with E-state index in [1.54, 1.807) is 13.2 Å². The molecule has 1 saturated heterocycles. The molecule has 0 N–H and O–H groups in total. The number of ether oxygens (including phenoxy) is 1. The van der Waals surface area contributed by atoms with Crippen molar-refractivity contribution in [2.24, 2.45) is 7.05 Å². The van der Waals surface area contributed by atoms with Crippen molar-refractivity contribution in [2.45, 2.75) is 65.3 Å². The van der Waals surface area contributed by atoms with E-state index >= 15 is 0 Å². The van der Waals surface area contributed by atoms with Crippen LogP contribution in [0.4, 0.5) is 0 Å². The molecule has 1 aliphatic rings. The maximum atomic E-state index is 12.4. The van der Waals surface area contributed by atoms with Gasteiger partial charge in [0.05, 0.1) is 11.2 Å². The summed E-state index contributed by atoms with van der Waals surface area (Å²) in [7, 11) is 1.06. The molecule has 0 aromatic carbocycles. The van der Waals surface area contributed by atoms with Crippen molar-refractivity contribution in [2.75, 3.05) is 0 Å². The van der Waals surface area contributed by atoms with Gasteiger partial charge in [-0.15, -0.1) is 0 Å². The highest BCUT2D eigenvalue weighted by atomic mass is 16.7. The van der Waals surface area contributed by atoms with Crippen molar-refractivity contribution in [1.29, 1.82) is 0 Å². The molecule has 7 heteroatoms. The van der Waals surface area contributed by atoms with Gasteiger partial charge in [-0.05, 0) is 48.5 Å². The zero-order valence-corrected chi connectivity index (χ0v) is 14.7. The van der Waals surface area contributed by atoms with Crippen LogP contribution in [0, 0.1) is 0 Å². The summed E-state index contributed by atoms with van der Waals surface area (Å²) < 4.78 is 19.0. The van der Waals surface area contributed by atoms with E-state index in [1.807, 2.05) is 48.5 Å². The number of aromatic nitrogens is 2. The first-order valence-electron chi connectivity index (χ1n) is 7.45. The number of hydrogen-bond acceptors (Lipinski definition) is 5. The topological polar surface area (TPSA) is 62.6 Å². The zero-order valence-electron chi connectivity index (χ0n) is 14.7. The third-order valence-corrected chi connectivity index (χ3v) is 4.07. The molecule has 0 saturated carbocycles. The van der Waals surface area contributed by atoms with Gasteiger partial charge in [0.1, 0.15) is 11.3 Å². The Bertz CT molecular complexity index is 571. The zero-order chi connectivity index (χ0) is 16.9. The van der Waals surface area contributed by atoms with Crippen molar-refractivity contribution in [3.63, 3.8) is 0 Å². The van der Waals surface area contributed by atoms with Crippen LogP contribution in [0.15, 0.2) is 6.20 Å². The van der Waals surface area contributed by atoms with E-state index in [2.05, 4.69) is 5.10 Å². The Kier molecular flexibility index (Phi) is 3.94. The maximum absolute atomic E-state index is 12.4. The highest BCUT2D eigenvalue weighted by Crippen LogP contribution is 2.36. The molecule has 0 radical (unpaired) electrons. The predicted octanol–water partition coefficient (Wildman–Crippen LogP) is 1.67. The van der Waals surface area contributed by atoms with Gasteiger partial charge in [-0.25, -0.2) is 4.79 Å². The van der Waals surface area contributed by atoms with Crippen LogP contribution in [-0.4, -0.2) is 39.7 Å². The van der Waals surface area contributed by atoms with E-state index in [-0.39, 0.29) is 0 Å². The molecule has 1 aromatic heterocycles. The second-order valence-corrected chi connectivity index (χ2v) is 7.66. The van der Waals surface area contributed by atoms with Gasteiger partial charge in [0.2, 0.25) is 0 Å². The summed E-state index contributed by atoms with van der Waals surface area (Å²) in [5.41, 5.74) is -0.574. The third kappa shape index (κ3) is 3.05. The highest BCUT2D eigenvalue weighted by molar-refractivity contribution is 6.63. The molecule has 122 valence electrons. The minimum Gasteiger partial charge on any atom is -0.455 e. The van der Waals surface area contributed by atoms with Crippen molar-refractivity contribution in [3.05, 3.63) is 11.9 Å². The van der Waals surface area contributed by atoms with Gasteiger partial charge in [-0.1, -0.05) is 0 Å². The number of aryl methyl sites for hydroxylation is 1. The fraction of sp³-hybridized carbons (Fsp3) is 0.733. The SMILES string of the molecule is Cn1ncc(B2OC(C)(C)C(C)(C)O2)c1C(=O)OC(C)(C)C. The van der Waals surface area contributed by atoms with E-state index in [0.29, 0.717) is 11.2 Å². The van der Waals surface area contributed by atoms with Crippen molar-refractivity contribution in [1.82, 2.24) is 9.78 Å². The Morgan fingerprint density at radius 2 is 1.73 bits per heavy atom.